The Labute approximate surface area is 114 Å². The Hall–Kier alpha value is -1.47. The third kappa shape index (κ3) is 1.71. The summed E-state index contributed by atoms with van der Waals surface area (Å²) < 4.78 is 5.21. The first-order valence-electron chi connectivity index (χ1n) is 5.46. The van der Waals surface area contributed by atoms with Gasteiger partial charge >= 0.3 is 0 Å². The summed E-state index contributed by atoms with van der Waals surface area (Å²) >= 11 is 2.09. The third-order valence-electron chi connectivity index (χ3n) is 2.98. The van der Waals surface area contributed by atoms with Crippen LogP contribution in [0.2, 0.25) is 0 Å². The molecule has 1 heterocycles. The third-order valence-corrected chi connectivity index (χ3v) is 3.37. The zero-order valence-corrected chi connectivity index (χ0v) is 11.3. The standard InChI is InChI=1S/C15H10IN/c16-10-5-11-17-14-8-3-1-6-12(14)13-7-2-4-9-15(13)17/h1-4,6-9H,11H2. The van der Waals surface area contributed by atoms with E-state index in [-0.39, 0.29) is 0 Å². The van der Waals surface area contributed by atoms with E-state index in [1.165, 1.54) is 21.8 Å². The zero-order chi connectivity index (χ0) is 11.7. The molecule has 0 saturated carbocycles. The summed E-state index contributed by atoms with van der Waals surface area (Å²) in [7, 11) is 0. The lowest BCUT2D eigenvalue weighted by molar-refractivity contribution is 0.924. The number of aromatic nitrogens is 1. The molecule has 0 unspecified atom stereocenters. The molecule has 0 spiro atoms. The van der Waals surface area contributed by atoms with E-state index in [4.69, 9.17) is 0 Å². The Kier molecular flexibility index (Phi) is 2.77. The molecular formula is C15H10IN. The van der Waals surface area contributed by atoms with Crippen LogP contribution in [0.5, 0.6) is 0 Å². The number of benzene rings is 2. The van der Waals surface area contributed by atoms with Gasteiger partial charge in [0.1, 0.15) is 0 Å². The highest BCUT2D eigenvalue weighted by molar-refractivity contribution is 14.1. The highest BCUT2D eigenvalue weighted by Crippen LogP contribution is 2.28. The van der Waals surface area contributed by atoms with Crippen LogP contribution in [-0.4, -0.2) is 4.57 Å². The van der Waals surface area contributed by atoms with Gasteiger partial charge in [0.15, 0.2) is 0 Å². The van der Waals surface area contributed by atoms with Crippen molar-refractivity contribution in [2.45, 2.75) is 6.54 Å². The van der Waals surface area contributed by atoms with Crippen LogP contribution in [0.15, 0.2) is 48.5 Å². The van der Waals surface area contributed by atoms with Crippen LogP contribution < -0.4 is 0 Å². The molecule has 0 amide bonds. The van der Waals surface area contributed by atoms with Gasteiger partial charge in [-0.15, -0.1) is 0 Å². The van der Waals surface area contributed by atoms with Crippen LogP contribution in [0.1, 0.15) is 0 Å². The molecular weight excluding hydrogens is 321 g/mol. The number of para-hydroxylation sites is 2. The normalized spacial score (nSPS) is 10.4. The van der Waals surface area contributed by atoms with E-state index in [2.05, 4.69) is 85.5 Å². The van der Waals surface area contributed by atoms with E-state index in [0.717, 1.165) is 6.54 Å². The Morgan fingerprint density at radius 2 is 1.41 bits per heavy atom. The fourth-order valence-corrected chi connectivity index (χ4v) is 2.45. The van der Waals surface area contributed by atoms with Crippen LogP contribution in [0.25, 0.3) is 21.8 Å². The number of halogens is 1. The molecule has 0 aliphatic heterocycles. The van der Waals surface area contributed by atoms with E-state index in [1.807, 2.05) is 0 Å². The van der Waals surface area contributed by atoms with Crippen molar-refractivity contribution in [1.29, 1.82) is 0 Å². The van der Waals surface area contributed by atoms with Crippen molar-refractivity contribution in [2.24, 2.45) is 0 Å². The molecule has 0 aliphatic rings. The Bertz CT molecular complexity index is 690. The minimum Gasteiger partial charge on any atom is -0.329 e. The van der Waals surface area contributed by atoms with Crippen LogP contribution in [0.4, 0.5) is 0 Å². The maximum atomic E-state index is 3.13. The summed E-state index contributed by atoms with van der Waals surface area (Å²) in [5, 5.41) is 2.61. The molecule has 2 aromatic carbocycles. The molecule has 2 heteroatoms. The SMILES string of the molecule is IC#CCn1c2ccccc2c2ccccc21. The van der Waals surface area contributed by atoms with Gasteiger partial charge in [-0.1, -0.05) is 42.3 Å². The van der Waals surface area contributed by atoms with Crippen molar-refractivity contribution in [3.05, 3.63) is 48.5 Å². The molecule has 82 valence electrons. The summed E-state index contributed by atoms with van der Waals surface area (Å²) in [5.74, 6) is 3.13. The smallest absolute Gasteiger partial charge is 0.0851 e. The van der Waals surface area contributed by atoms with Crippen molar-refractivity contribution in [2.75, 3.05) is 0 Å². The van der Waals surface area contributed by atoms with Gasteiger partial charge in [0.2, 0.25) is 0 Å². The second-order valence-corrected chi connectivity index (χ2v) is 4.43. The number of hydrogen-bond acceptors (Lipinski definition) is 0. The molecule has 0 bridgehead atoms. The fraction of sp³-hybridized carbons (Fsp3) is 0.0667. The first kappa shape index (κ1) is 10.7. The second-order valence-electron chi connectivity index (χ2n) is 3.89. The molecule has 3 aromatic rings. The van der Waals surface area contributed by atoms with Crippen molar-refractivity contribution >= 4 is 44.4 Å². The van der Waals surface area contributed by atoms with Crippen LogP contribution in [-0.2, 0) is 6.54 Å². The van der Waals surface area contributed by atoms with Gasteiger partial charge in [0.05, 0.1) is 6.54 Å². The van der Waals surface area contributed by atoms with Gasteiger partial charge in [-0.25, -0.2) is 0 Å². The number of hydrogen-bond donors (Lipinski definition) is 0. The highest BCUT2D eigenvalue weighted by atomic mass is 127. The maximum Gasteiger partial charge on any atom is 0.0851 e. The lowest BCUT2D eigenvalue weighted by Gasteiger charge is -2.01. The predicted molar refractivity (Wildman–Crippen MR) is 81.2 cm³/mol. The number of nitrogens with zero attached hydrogens (tertiary/aromatic N) is 1. The number of rotatable bonds is 1. The van der Waals surface area contributed by atoms with Crippen LogP contribution in [0.3, 0.4) is 0 Å². The molecule has 1 nitrogen and oxygen atoms in total. The Morgan fingerprint density at radius 3 is 1.94 bits per heavy atom. The summed E-state index contributed by atoms with van der Waals surface area (Å²) in [6.45, 7) is 0.747. The molecule has 17 heavy (non-hydrogen) atoms. The van der Waals surface area contributed by atoms with E-state index >= 15 is 0 Å². The molecule has 0 radical (unpaired) electrons. The first-order chi connectivity index (χ1) is 8.42. The average molecular weight is 331 g/mol. The molecule has 0 aliphatic carbocycles. The highest BCUT2D eigenvalue weighted by Gasteiger charge is 2.07. The van der Waals surface area contributed by atoms with Gasteiger partial charge in [0, 0.05) is 44.4 Å². The Morgan fingerprint density at radius 1 is 0.882 bits per heavy atom. The van der Waals surface area contributed by atoms with Crippen molar-refractivity contribution in [3.63, 3.8) is 0 Å². The van der Waals surface area contributed by atoms with E-state index in [9.17, 15) is 0 Å². The first-order valence-corrected chi connectivity index (χ1v) is 6.54. The van der Waals surface area contributed by atoms with Gasteiger partial charge < -0.3 is 4.57 Å². The van der Waals surface area contributed by atoms with Crippen molar-refractivity contribution in [1.82, 2.24) is 4.57 Å². The molecule has 0 saturated heterocycles. The van der Waals surface area contributed by atoms with E-state index < -0.39 is 0 Å². The average Bonchev–Trinajstić information content (AvgIpc) is 2.71. The zero-order valence-electron chi connectivity index (χ0n) is 9.15. The van der Waals surface area contributed by atoms with E-state index in [1.54, 1.807) is 0 Å². The molecule has 1 aromatic heterocycles. The summed E-state index contributed by atoms with van der Waals surface area (Å²) in [6.07, 6.45) is 0. The molecule has 0 N–H and O–H groups in total. The quantitative estimate of drug-likeness (QED) is 0.465. The van der Waals surface area contributed by atoms with Gasteiger partial charge in [-0.2, -0.15) is 0 Å². The van der Waals surface area contributed by atoms with Gasteiger partial charge in [0.25, 0.3) is 0 Å². The molecule has 0 atom stereocenters. The Balaban J connectivity index is 2.44. The fourth-order valence-electron chi connectivity index (χ4n) is 2.28. The topological polar surface area (TPSA) is 4.93 Å². The van der Waals surface area contributed by atoms with Crippen molar-refractivity contribution in [3.8, 4) is 9.85 Å². The van der Waals surface area contributed by atoms with Gasteiger partial charge in [-0.3, -0.25) is 0 Å². The minimum absolute atomic E-state index is 0.747. The maximum absolute atomic E-state index is 3.13. The minimum atomic E-state index is 0.747. The van der Waals surface area contributed by atoms with E-state index in [0.29, 0.717) is 0 Å². The second kappa shape index (κ2) is 4.42. The molecule has 0 fully saturated rings. The predicted octanol–water partition coefficient (Wildman–Crippen LogP) is 4.19. The lowest BCUT2D eigenvalue weighted by atomic mass is 10.2. The number of fused-ring (bicyclic) bond motifs is 3. The van der Waals surface area contributed by atoms with Crippen LogP contribution in [0, 0.1) is 9.85 Å². The summed E-state index contributed by atoms with van der Waals surface area (Å²) in [4.78, 5) is 0. The lowest BCUT2D eigenvalue weighted by Crippen LogP contribution is -1.94. The van der Waals surface area contributed by atoms with Crippen molar-refractivity contribution < 1.29 is 0 Å². The monoisotopic (exact) mass is 331 g/mol. The van der Waals surface area contributed by atoms with Gasteiger partial charge in [-0.05, 0) is 16.1 Å². The molecule has 3 rings (SSSR count). The summed E-state index contributed by atoms with van der Waals surface area (Å²) in [6, 6.07) is 17.0. The van der Waals surface area contributed by atoms with Crippen LogP contribution >= 0.6 is 22.6 Å². The summed E-state index contributed by atoms with van der Waals surface area (Å²) in [5.41, 5.74) is 2.51. The largest absolute Gasteiger partial charge is 0.329 e.